The summed E-state index contributed by atoms with van der Waals surface area (Å²) in [5.41, 5.74) is 3.43. The van der Waals surface area contributed by atoms with Crippen LogP contribution in [0.1, 0.15) is 42.5 Å². The van der Waals surface area contributed by atoms with Gasteiger partial charge in [-0.2, -0.15) is 0 Å². The summed E-state index contributed by atoms with van der Waals surface area (Å²) in [5, 5.41) is 13.0. The zero-order valence-electron chi connectivity index (χ0n) is 12.0. The first-order valence-electron chi connectivity index (χ1n) is 6.84. The molecule has 4 nitrogen and oxygen atoms in total. The van der Waals surface area contributed by atoms with Crippen LogP contribution >= 0.6 is 0 Å². The Balaban J connectivity index is 2.34. The second kappa shape index (κ2) is 5.90. The molecule has 106 valence electrons. The third-order valence-corrected chi connectivity index (χ3v) is 3.21. The predicted octanol–water partition coefficient (Wildman–Crippen LogP) is 3.80. The maximum Gasteiger partial charge on any atom is 0.375 e. The Morgan fingerprint density at radius 1 is 1.30 bits per heavy atom. The highest BCUT2D eigenvalue weighted by Gasteiger charge is 2.21. The van der Waals surface area contributed by atoms with E-state index in [1.165, 1.54) is 5.56 Å². The minimum atomic E-state index is -1.07. The van der Waals surface area contributed by atoms with Gasteiger partial charge in [0.25, 0.3) is 0 Å². The SMILES string of the molecule is CCc1c(-c2ccc(CC(C)C)cc2)noc1C(=O)O. The Bertz CT molecular complexity index is 597. The molecule has 0 fully saturated rings. The van der Waals surface area contributed by atoms with Crippen molar-refractivity contribution in [2.24, 2.45) is 5.92 Å². The average molecular weight is 273 g/mol. The van der Waals surface area contributed by atoms with Crippen molar-refractivity contribution in [1.29, 1.82) is 0 Å². The third-order valence-electron chi connectivity index (χ3n) is 3.21. The summed E-state index contributed by atoms with van der Waals surface area (Å²) in [4.78, 5) is 11.1. The van der Waals surface area contributed by atoms with E-state index in [1.54, 1.807) is 0 Å². The fraction of sp³-hybridized carbons (Fsp3) is 0.375. The lowest BCUT2D eigenvalue weighted by atomic mass is 9.99. The van der Waals surface area contributed by atoms with E-state index < -0.39 is 5.97 Å². The highest BCUT2D eigenvalue weighted by Crippen LogP contribution is 2.26. The summed E-state index contributed by atoms with van der Waals surface area (Å²) >= 11 is 0. The van der Waals surface area contributed by atoms with Crippen molar-refractivity contribution in [3.8, 4) is 11.3 Å². The highest BCUT2D eigenvalue weighted by molar-refractivity contribution is 5.88. The first-order chi connectivity index (χ1) is 9.52. The number of rotatable bonds is 5. The number of aromatic nitrogens is 1. The minimum Gasteiger partial charge on any atom is -0.475 e. The Morgan fingerprint density at radius 2 is 1.95 bits per heavy atom. The van der Waals surface area contributed by atoms with Gasteiger partial charge in [0.05, 0.1) is 0 Å². The molecule has 1 N–H and O–H groups in total. The lowest BCUT2D eigenvalue weighted by molar-refractivity contribution is 0.0650. The molecule has 0 bridgehead atoms. The van der Waals surface area contributed by atoms with Gasteiger partial charge in [0.2, 0.25) is 5.76 Å². The van der Waals surface area contributed by atoms with Crippen LogP contribution in [-0.4, -0.2) is 16.2 Å². The molecule has 20 heavy (non-hydrogen) atoms. The van der Waals surface area contributed by atoms with E-state index in [1.807, 2.05) is 19.1 Å². The molecule has 0 amide bonds. The highest BCUT2D eigenvalue weighted by atomic mass is 16.5. The van der Waals surface area contributed by atoms with Crippen LogP contribution < -0.4 is 0 Å². The summed E-state index contributed by atoms with van der Waals surface area (Å²) in [5.74, 6) is -0.525. The first kappa shape index (κ1) is 14.3. The summed E-state index contributed by atoms with van der Waals surface area (Å²) in [6.45, 7) is 6.26. The van der Waals surface area contributed by atoms with Crippen molar-refractivity contribution in [2.45, 2.75) is 33.6 Å². The van der Waals surface area contributed by atoms with Crippen LogP contribution in [-0.2, 0) is 12.8 Å². The number of carbonyl (C=O) groups is 1. The van der Waals surface area contributed by atoms with E-state index in [9.17, 15) is 4.79 Å². The third kappa shape index (κ3) is 2.90. The Hall–Kier alpha value is -2.10. The van der Waals surface area contributed by atoms with Crippen LogP contribution in [0.15, 0.2) is 28.8 Å². The van der Waals surface area contributed by atoms with Gasteiger partial charge in [-0.05, 0) is 24.3 Å². The number of aromatic carboxylic acids is 1. The largest absolute Gasteiger partial charge is 0.475 e. The number of hydrogen-bond acceptors (Lipinski definition) is 3. The second-order valence-corrected chi connectivity index (χ2v) is 5.29. The van der Waals surface area contributed by atoms with Crippen molar-refractivity contribution < 1.29 is 14.4 Å². The molecular weight excluding hydrogens is 254 g/mol. The molecule has 0 saturated heterocycles. The van der Waals surface area contributed by atoms with Crippen molar-refractivity contribution in [3.63, 3.8) is 0 Å². The molecule has 1 heterocycles. The summed E-state index contributed by atoms with van der Waals surface area (Å²) in [6, 6.07) is 8.06. The maximum absolute atomic E-state index is 11.1. The normalized spacial score (nSPS) is 11.0. The lowest BCUT2D eigenvalue weighted by Crippen LogP contribution is -1.98. The van der Waals surface area contributed by atoms with E-state index in [-0.39, 0.29) is 5.76 Å². The molecule has 0 saturated carbocycles. The monoisotopic (exact) mass is 273 g/mol. The topological polar surface area (TPSA) is 63.3 Å². The van der Waals surface area contributed by atoms with Gasteiger partial charge in [-0.15, -0.1) is 0 Å². The van der Waals surface area contributed by atoms with Crippen molar-refractivity contribution in [3.05, 3.63) is 41.2 Å². The Morgan fingerprint density at radius 3 is 2.45 bits per heavy atom. The van der Waals surface area contributed by atoms with Crippen LogP contribution in [0.4, 0.5) is 0 Å². The fourth-order valence-electron chi connectivity index (χ4n) is 2.30. The van der Waals surface area contributed by atoms with Gasteiger partial charge >= 0.3 is 5.97 Å². The van der Waals surface area contributed by atoms with Crippen LogP contribution in [0.25, 0.3) is 11.3 Å². The minimum absolute atomic E-state index is 0.0613. The summed E-state index contributed by atoms with van der Waals surface area (Å²) in [6.07, 6.45) is 1.61. The van der Waals surface area contributed by atoms with E-state index in [4.69, 9.17) is 9.63 Å². The molecular formula is C16H19NO3. The van der Waals surface area contributed by atoms with Gasteiger partial charge < -0.3 is 9.63 Å². The summed E-state index contributed by atoms with van der Waals surface area (Å²) in [7, 11) is 0. The quantitative estimate of drug-likeness (QED) is 0.900. The molecule has 2 aromatic rings. The van der Waals surface area contributed by atoms with E-state index in [2.05, 4.69) is 31.1 Å². The van der Waals surface area contributed by atoms with Gasteiger partial charge in [-0.25, -0.2) is 4.79 Å². The molecule has 0 unspecified atom stereocenters. The number of nitrogens with zero attached hydrogens (tertiary/aromatic N) is 1. The molecule has 0 aliphatic carbocycles. The number of benzene rings is 1. The van der Waals surface area contributed by atoms with Crippen molar-refractivity contribution in [2.75, 3.05) is 0 Å². The molecule has 2 rings (SSSR count). The Labute approximate surface area is 118 Å². The van der Waals surface area contributed by atoms with Gasteiger partial charge in [0.15, 0.2) is 0 Å². The number of carboxylic acids is 1. The molecule has 1 aromatic heterocycles. The molecule has 0 spiro atoms. The fourth-order valence-corrected chi connectivity index (χ4v) is 2.30. The van der Waals surface area contributed by atoms with Crippen LogP contribution in [0.5, 0.6) is 0 Å². The van der Waals surface area contributed by atoms with E-state index in [0.29, 0.717) is 23.6 Å². The van der Waals surface area contributed by atoms with Gasteiger partial charge in [0.1, 0.15) is 5.69 Å². The van der Waals surface area contributed by atoms with Gasteiger partial charge in [-0.3, -0.25) is 0 Å². The zero-order valence-corrected chi connectivity index (χ0v) is 12.0. The average Bonchev–Trinajstić information content (AvgIpc) is 2.82. The molecule has 0 atom stereocenters. The number of hydrogen-bond donors (Lipinski definition) is 1. The zero-order chi connectivity index (χ0) is 14.7. The van der Waals surface area contributed by atoms with Crippen molar-refractivity contribution in [1.82, 2.24) is 5.16 Å². The smallest absolute Gasteiger partial charge is 0.375 e. The maximum atomic E-state index is 11.1. The predicted molar refractivity (Wildman–Crippen MR) is 76.8 cm³/mol. The van der Waals surface area contributed by atoms with Crippen LogP contribution in [0.3, 0.4) is 0 Å². The van der Waals surface area contributed by atoms with E-state index in [0.717, 1.165) is 12.0 Å². The standard InChI is InChI=1S/C16H19NO3/c1-4-13-14(17-20-15(13)16(18)19)12-7-5-11(6-8-12)9-10(2)3/h5-8,10H,4,9H2,1-3H3,(H,18,19). The summed E-state index contributed by atoms with van der Waals surface area (Å²) < 4.78 is 4.95. The molecule has 1 aromatic carbocycles. The van der Waals surface area contributed by atoms with Gasteiger partial charge in [0, 0.05) is 11.1 Å². The first-order valence-corrected chi connectivity index (χ1v) is 6.84. The number of carboxylic acid groups (broad SMARTS) is 1. The molecule has 0 radical (unpaired) electrons. The lowest BCUT2D eigenvalue weighted by Gasteiger charge is -2.06. The second-order valence-electron chi connectivity index (χ2n) is 5.29. The molecule has 0 aliphatic rings. The van der Waals surface area contributed by atoms with Crippen LogP contribution in [0, 0.1) is 5.92 Å². The molecule has 0 aliphatic heterocycles. The Kier molecular flexibility index (Phi) is 4.23. The van der Waals surface area contributed by atoms with Gasteiger partial charge in [-0.1, -0.05) is 50.2 Å². The molecule has 4 heteroatoms. The van der Waals surface area contributed by atoms with Crippen molar-refractivity contribution >= 4 is 5.97 Å². The van der Waals surface area contributed by atoms with E-state index >= 15 is 0 Å². The van der Waals surface area contributed by atoms with Crippen LogP contribution in [0.2, 0.25) is 0 Å².